The number of sulfonamides is 1. The average molecular weight is 324 g/mol. The van der Waals surface area contributed by atoms with Gasteiger partial charge in [-0.25, -0.2) is 8.42 Å². The molecule has 1 atom stereocenters. The van der Waals surface area contributed by atoms with Crippen LogP contribution in [0.25, 0.3) is 0 Å². The molecule has 1 aromatic carbocycles. The van der Waals surface area contributed by atoms with Crippen molar-refractivity contribution in [3.05, 3.63) is 28.3 Å². The van der Waals surface area contributed by atoms with Crippen molar-refractivity contribution < 1.29 is 8.42 Å². The fraction of sp³-hybridized carbons (Fsp3) is 0.647. The van der Waals surface area contributed by atoms with Crippen LogP contribution in [0.5, 0.6) is 0 Å². The molecule has 2 rings (SSSR count). The molecule has 0 amide bonds. The van der Waals surface area contributed by atoms with Gasteiger partial charge in [0, 0.05) is 19.1 Å². The third-order valence-corrected chi connectivity index (χ3v) is 7.29. The highest BCUT2D eigenvalue weighted by atomic mass is 32.2. The molecule has 5 heteroatoms. The van der Waals surface area contributed by atoms with E-state index in [1.807, 2.05) is 41.5 Å². The summed E-state index contributed by atoms with van der Waals surface area (Å²) in [7, 11) is -3.49. The average Bonchev–Trinajstić information content (AvgIpc) is 2.39. The lowest BCUT2D eigenvalue weighted by atomic mass is 9.81. The van der Waals surface area contributed by atoms with Gasteiger partial charge in [-0.3, -0.25) is 0 Å². The normalized spacial score (nSPS) is 22.8. The first-order valence-electron chi connectivity index (χ1n) is 7.81. The third kappa shape index (κ3) is 2.82. The standard InChI is InChI=1S/C17H28N2O2S/c1-11-9-12(2)14(4)16(13(11)3)22(20,21)19-8-7-15(18)17(5,6)10-19/h9,15H,7-8,10,18H2,1-6H3. The van der Waals surface area contributed by atoms with Crippen LogP contribution >= 0.6 is 0 Å². The fourth-order valence-corrected chi connectivity index (χ4v) is 5.43. The lowest BCUT2D eigenvalue weighted by Gasteiger charge is -2.42. The Bertz CT molecular complexity index is 667. The molecule has 0 spiro atoms. The van der Waals surface area contributed by atoms with Crippen molar-refractivity contribution in [2.75, 3.05) is 13.1 Å². The van der Waals surface area contributed by atoms with Crippen LogP contribution in [0.15, 0.2) is 11.0 Å². The molecule has 22 heavy (non-hydrogen) atoms. The lowest BCUT2D eigenvalue weighted by Crippen LogP contribution is -2.54. The number of hydrogen-bond donors (Lipinski definition) is 1. The summed E-state index contributed by atoms with van der Waals surface area (Å²) in [6.07, 6.45) is 0.703. The van der Waals surface area contributed by atoms with Gasteiger partial charge in [0.15, 0.2) is 0 Å². The van der Waals surface area contributed by atoms with E-state index >= 15 is 0 Å². The summed E-state index contributed by atoms with van der Waals surface area (Å²) in [5.74, 6) is 0. The van der Waals surface area contributed by atoms with Crippen LogP contribution in [-0.4, -0.2) is 31.9 Å². The van der Waals surface area contributed by atoms with Crippen molar-refractivity contribution in [2.45, 2.75) is 58.9 Å². The highest BCUT2D eigenvalue weighted by Gasteiger charge is 2.39. The minimum Gasteiger partial charge on any atom is -0.327 e. The predicted octanol–water partition coefficient (Wildman–Crippen LogP) is 2.67. The van der Waals surface area contributed by atoms with Gasteiger partial charge in [0.1, 0.15) is 0 Å². The van der Waals surface area contributed by atoms with Crippen LogP contribution in [0, 0.1) is 33.1 Å². The van der Waals surface area contributed by atoms with E-state index in [1.165, 1.54) is 0 Å². The lowest BCUT2D eigenvalue weighted by molar-refractivity contribution is 0.155. The van der Waals surface area contributed by atoms with Gasteiger partial charge in [0.25, 0.3) is 0 Å². The number of nitrogens with two attached hydrogens (primary N) is 1. The zero-order chi connectivity index (χ0) is 16.9. The predicted molar refractivity (Wildman–Crippen MR) is 90.5 cm³/mol. The Labute approximate surface area is 134 Å². The molecule has 0 aromatic heterocycles. The molecule has 1 fully saturated rings. The van der Waals surface area contributed by atoms with Crippen LogP contribution in [0.3, 0.4) is 0 Å². The number of benzene rings is 1. The van der Waals surface area contributed by atoms with Gasteiger partial charge in [-0.2, -0.15) is 4.31 Å². The molecule has 0 saturated carbocycles. The summed E-state index contributed by atoms with van der Waals surface area (Å²) in [5, 5.41) is 0. The fourth-order valence-electron chi connectivity index (χ4n) is 3.23. The maximum atomic E-state index is 13.2. The summed E-state index contributed by atoms with van der Waals surface area (Å²) in [5.41, 5.74) is 9.70. The van der Waals surface area contributed by atoms with Crippen molar-refractivity contribution in [2.24, 2.45) is 11.1 Å². The molecule has 0 aliphatic carbocycles. The van der Waals surface area contributed by atoms with E-state index < -0.39 is 10.0 Å². The van der Waals surface area contributed by atoms with E-state index in [9.17, 15) is 8.42 Å². The molecule has 0 radical (unpaired) electrons. The molecule has 1 aliphatic rings. The molecule has 1 saturated heterocycles. The Morgan fingerprint density at radius 1 is 1.14 bits per heavy atom. The van der Waals surface area contributed by atoms with E-state index in [2.05, 4.69) is 6.07 Å². The maximum absolute atomic E-state index is 13.2. The molecule has 1 aromatic rings. The van der Waals surface area contributed by atoms with Gasteiger partial charge >= 0.3 is 0 Å². The van der Waals surface area contributed by atoms with E-state index in [0.717, 1.165) is 22.3 Å². The molecule has 2 N–H and O–H groups in total. The molecule has 1 unspecified atom stereocenters. The topological polar surface area (TPSA) is 63.4 Å². The molecule has 1 heterocycles. The summed E-state index contributed by atoms with van der Waals surface area (Å²) in [6.45, 7) is 12.8. The van der Waals surface area contributed by atoms with Crippen molar-refractivity contribution in [3.63, 3.8) is 0 Å². The highest BCUT2D eigenvalue weighted by Crippen LogP contribution is 2.34. The van der Waals surface area contributed by atoms with Crippen molar-refractivity contribution >= 4 is 10.0 Å². The second-order valence-electron chi connectivity index (χ2n) is 7.31. The van der Waals surface area contributed by atoms with E-state index in [1.54, 1.807) is 4.31 Å². The molecular formula is C17H28N2O2S. The summed E-state index contributed by atoms with van der Waals surface area (Å²) in [4.78, 5) is 0.483. The van der Waals surface area contributed by atoms with Crippen molar-refractivity contribution in [3.8, 4) is 0 Å². The first kappa shape index (κ1) is 17.4. The number of nitrogens with zero attached hydrogens (tertiary/aromatic N) is 1. The van der Waals surface area contributed by atoms with Crippen LogP contribution in [-0.2, 0) is 10.0 Å². The Kier molecular flexibility index (Phi) is 4.46. The second kappa shape index (κ2) is 5.62. The molecule has 4 nitrogen and oxygen atoms in total. The van der Waals surface area contributed by atoms with E-state index in [-0.39, 0.29) is 11.5 Å². The monoisotopic (exact) mass is 324 g/mol. The third-order valence-electron chi connectivity index (χ3n) is 5.17. The number of hydrogen-bond acceptors (Lipinski definition) is 3. The molecule has 1 aliphatic heterocycles. The Morgan fingerprint density at radius 2 is 1.64 bits per heavy atom. The van der Waals surface area contributed by atoms with Gasteiger partial charge in [-0.05, 0) is 61.8 Å². The Hall–Kier alpha value is -0.910. The van der Waals surface area contributed by atoms with Gasteiger partial charge in [-0.1, -0.05) is 19.9 Å². The van der Waals surface area contributed by atoms with Gasteiger partial charge in [0.05, 0.1) is 4.90 Å². The minimum absolute atomic E-state index is 0.0420. The largest absolute Gasteiger partial charge is 0.327 e. The molecular weight excluding hydrogens is 296 g/mol. The summed E-state index contributed by atoms with van der Waals surface area (Å²) >= 11 is 0. The second-order valence-corrected chi connectivity index (χ2v) is 9.19. The smallest absolute Gasteiger partial charge is 0.243 e. The number of aryl methyl sites for hydroxylation is 2. The highest BCUT2D eigenvalue weighted by molar-refractivity contribution is 7.89. The zero-order valence-electron chi connectivity index (χ0n) is 14.5. The van der Waals surface area contributed by atoms with Gasteiger partial charge < -0.3 is 5.73 Å². The molecule has 0 bridgehead atoms. The SMILES string of the molecule is Cc1cc(C)c(C)c(S(=O)(=O)N2CCC(N)C(C)(C)C2)c1C. The number of piperidine rings is 1. The summed E-state index contributed by atoms with van der Waals surface area (Å²) in [6, 6.07) is 2.10. The maximum Gasteiger partial charge on any atom is 0.243 e. The first-order chi connectivity index (χ1) is 9.98. The Morgan fingerprint density at radius 3 is 2.09 bits per heavy atom. The van der Waals surface area contributed by atoms with E-state index in [0.29, 0.717) is 24.4 Å². The Balaban J connectivity index is 2.53. The molecule has 124 valence electrons. The van der Waals surface area contributed by atoms with Crippen LogP contribution in [0.4, 0.5) is 0 Å². The van der Waals surface area contributed by atoms with Crippen molar-refractivity contribution in [1.82, 2.24) is 4.31 Å². The number of rotatable bonds is 2. The van der Waals surface area contributed by atoms with Gasteiger partial charge in [0.2, 0.25) is 10.0 Å². The van der Waals surface area contributed by atoms with E-state index in [4.69, 9.17) is 5.73 Å². The summed E-state index contributed by atoms with van der Waals surface area (Å²) < 4.78 is 28.0. The van der Waals surface area contributed by atoms with Gasteiger partial charge in [-0.15, -0.1) is 0 Å². The zero-order valence-corrected chi connectivity index (χ0v) is 15.3. The minimum atomic E-state index is -3.49. The van der Waals surface area contributed by atoms with Crippen LogP contribution < -0.4 is 5.73 Å². The van der Waals surface area contributed by atoms with Crippen LogP contribution in [0.1, 0.15) is 42.5 Å². The van der Waals surface area contributed by atoms with Crippen LogP contribution in [0.2, 0.25) is 0 Å². The first-order valence-corrected chi connectivity index (χ1v) is 9.25. The quantitative estimate of drug-likeness (QED) is 0.909. The van der Waals surface area contributed by atoms with Crippen molar-refractivity contribution in [1.29, 1.82) is 0 Å².